The van der Waals surface area contributed by atoms with Crippen LogP contribution in [0.15, 0.2) is 23.2 Å². The zero-order chi connectivity index (χ0) is 13.5. The molecule has 0 aromatic heterocycles. The van der Waals surface area contributed by atoms with Gasteiger partial charge < -0.3 is 14.6 Å². The van der Waals surface area contributed by atoms with Crippen LogP contribution in [0.1, 0.15) is 5.56 Å². The molecule has 5 nitrogen and oxygen atoms in total. The van der Waals surface area contributed by atoms with Crippen LogP contribution in [0.25, 0.3) is 0 Å². The highest BCUT2D eigenvalue weighted by Gasteiger charge is 2.08. The molecule has 5 heteroatoms. The first-order chi connectivity index (χ1) is 9.29. The summed E-state index contributed by atoms with van der Waals surface area (Å²) in [7, 11) is 1.57. The molecule has 0 bridgehead atoms. The number of hydrogen-bond acceptors (Lipinski definition) is 5. The molecule has 1 aromatic rings. The summed E-state index contributed by atoms with van der Waals surface area (Å²) in [5, 5.41) is 9.77. The summed E-state index contributed by atoms with van der Waals surface area (Å²) in [5.41, 5.74) is 0.711. The van der Waals surface area contributed by atoms with Gasteiger partial charge in [-0.1, -0.05) is 0 Å². The summed E-state index contributed by atoms with van der Waals surface area (Å²) < 4.78 is 10.3. The summed E-state index contributed by atoms with van der Waals surface area (Å²) in [6.07, 6.45) is 1.70. The molecule has 2 rings (SSSR count). The molecular formula is C14H20N2O3. The van der Waals surface area contributed by atoms with Gasteiger partial charge in [0.05, 0.1) is 26.9 Å². The Morgan fingerprint density at radius 1 is 1.42 bits per heavy atom. The van der Waals surface area contributed by atoms with Gasteiger partial charge in [0.1, 0.15) is 11.5 Å². The monoisotopic (exact) mass is 264 g/mol. The minimum atomic E-state index is 0.189. The number of phenolic OH excluding ortho intramolecular Hbond substituents is 1. The van der Waals surface area contributed by atoms with Crippen molar-refractivity contribution in [1.29, 1.82) is 0 Å². The largest absolute Gasteiger partial charge is 0.507 e. The predicted octanol–water partition coefficient (Wildman–Crippen LogP) is 1.15. The number of morpholine rings is 1. The summed E-state index contributed by atoms with van der Waals surface area (Å²) in [6, 6.07) is 5.19. The number of aromatic hydroxyl groups is 1. The van der Waals surface area contributed by atoms with E-state index in [0.29, 0.717) is 11.3 Å². The van der Waals surface area contributed by atoms with E-state index in [0.717, 1.165) is 39.4 Å². The molecule has 1 N–H and O–H groups in total. The zero-order valence-corrected chi connectivity index (χ0v) is 11.2. The number of rotatable bonds is 5. The lowest BCUT2D eigenvalue weighted by molar-refractivity contribution is 0.0395. The Morgan fingerprint density at radius 2 is 2.21 bits per heavy atom. The Bertz CT molecular complexity index is 429. The molecule has 1 saturated heterocycles. The van der Waals surface area contributed by atoms with E-state index in [-0.39, 0.29) is 5.75 Å². The smallest absolute Gasteiger partial charge is 0.128 e. The second kappa shape index (κ2) is 7.11. The average molecular weight is 264 g/mol. The van der Waals surface area contributed by atoms with E-state index in [2.05, 4.69) is 9.89 Å². The van der Waals surface area contributed by atoms with Gasteiger partial charge in [-0.05, 0) is 12.1 Å². The van der Waals surface area contributed by atoms with Gasteiger partial charge in [-0.25, -0.2) is 0 Å². The van der Waals surface area contributed by atoms with E-state index >= 15 is 0 Å². The van der Waals surface area contributed by atoms with Crippen LogP contribution < -0.4 is 4.74 Å². The van der Waals surface area contributed by atoms with Gasteiger partial charge in [0.25, 0.3) is 0 Å². The van der Waals surface area contributed by atoms with Gasteiger partial charge >= 0.3 is 0 Å². The topological polar surface area (TPSA) is 54.3 Å². The molecule has 0 spiro atoms. The highest BCUT2D eigenvalue weighted by Crippen LogP contribution is 2.21. The highest BCUT2D eigenvalue weighted by molar-refractivity contribution is 5.83. The maximum atomic E-state index is 9.77. The molecule has 0 aliphatic carbocycles. The fraction of sp³-hybridized carbons (Fsp3) is 0.500. The first-order valence-electron chi connectivity index (χ1n) is 6.46. The van der Waals surface area contributed by atoms with E-state index < -0.39 is 0 Å². The summed E-state index contributed by atoms with van der Waals surface area (Å²) >= 11 is 0. The molecule has 0 saturated carbocycles. The van der Waals surface area contributed by atoms with Gasteiger partial charge in [-0.3, -0.25) is 9.89 Å². The first-order valence-corrected chi connectivity index (χ1v) is 6.46. The Hall–Kier alpha value is -1.59. The van der Waals surface area contributed by atoms with Crippen molar-refractivity contribution < 1.29 is 14.6 Å². The molecule has 1 aliphatic heterocycles. The molecular weight excluding hydrogens is 244 g/mol. The second-order valence-corrected chi connectivity index (χ2v) is 4.41. The third-order valence-electron chi connectivity index (χ3n) is 3.12. The van der Waals surface area contributed by atoms with Crippen LogP contribution >= 0.6 is 0 Å². The molecule has 1 aliphatic rings. The van der Waals surface area contributed by atoms with Gasteiger partial charge in [0.2, 0.25) is 0 Å². The van der Waals surface area contributed by atoms with Crippen LogP contribution in [0.5, 0.6) is 11.5 Å². The lowest BCUT2D eigenvalue weighted by Gasteiger charge is -2.25. The number of methoxy groups -OCH3 is 1. The van der Waals surface area contributed by atoms with E-state index in [1.165, 1.54) is 0 Å². The molecule has 1 heterocycles. The highest BCUT2D eigenvalue weighted by atomic mass is 16.5. The maximum absolute atomic E-state index is 9.77. The van der Waals surface area contributed by atoms with E-state index in [1.54, 1.807) is 25.5 Å². The Morgan fingerprint density at radius 3 is 2.89 bits per heavy atom. The van der Waals surface area contributed by atoms with Crippen molar-refractivity contribution in [1.82, 2.24) is 4.90 Å². The Labute approximate surface area is 113 Å². The fourth-order valence-corrected chi connectivity index (χ4v) is 1.95. The molecule has 104 valence electrons. The van der Waals surface area contributed by atoms with E-state index in [1.807, 2.05) is 6.07 Å². The van der Waals surface area contributed by atoms with Crippen molar-refractivity contribution in [3.8, 4) is 11.5 Å². The lowest BCUT2D eigenvalue weighted by Crippen LogP contribution is -2.37. The summed E-state index contributed by atoms with van der Waals surface area (Å²) in [4.78, 5) is 6.67. The lowest BCUT2D eigenvalue weighted by atomic mass is 10.2. The summed E-state index contributed by atoms with van der Waals surface area (Å²) in [5.74, 6) is 0.831. The molecule has 0 amide bonds. The Kier molecular flexibility index (Phi) is 5.18. The SMILES string of the molecule is COc1ccc(C=NCCN2CCOCC2)c(O)c1. The second-order valence-electron chi connectivity index (χ2n) is 4.41. The molecule has 0 atom stereocenters. The molecule has 0 radical (unpaired) electrons. The van der Waals surface area contributed by atoms with E-state index in [4.69, 9.17) is 9.47 Å². The first kappa shape index (κ1) is 13.8. The van der Waals surface area contributed by atoms with Crippen molar-refractivity contribution in [2.45, 2.75) is 0 Å². The van der Waals surface area contributed by atoms with Gasteiger partial charge in [-0.2, -0.15) is 0 Å². The number of ether oxygens (including phenoxy) is 2. The third-order valence-corrected chi connectivity index (χ3v) is 3.12. The number of benzene rings is 1. The van der Waals surface area contributed by atoms with Gasteiger partial charge in [-0.15, -0.1) is 0 Å². The number of nitrogens with zero attached hydrogens (tertiary/aromatic N) is 2. The van der Waals surface area contributed by atoms with E-state index in [9.17, 15) is 5.11 Å². The third kappa shape index (κ3) is 4.22. The quantitative estimate of drug-likeness (QED) is 0.811. The summed E-state index contributed by atoms with van der Waals surface area (Å²) in [6.45, 7) is 5.22. The van der Waals surface area contributed by atoms with Crippen LogP contribution in [0.4, 0.5) is 0 Å². The zero-order valence-electron chi connectivity index (χ0n) is 11.2. The van der Waals surface area contributed by atoms with Crippen molar-refractivity contribution in [2.75, 3.05) is 46.5 Å². The van der Waals surface area contributed by atoms with Gasteiger partial charge in [0, 0.05) is 37.5 Å². The van der Waals surface area contributed by atoms with Crippen LogP contribution in [0, 0.1) is 0 Å². The number of aliphatic imine (C=N–C) groups is 1. The standard InChI is InChI=1S/C14H20N2O3/c1-18-13-3-2-12(14(17)10-13)11-15-4-5-16-6-8-19-9-7-16/h2-3,10-11,17H,4-9H2,1H3. The molecule has 19 heavy (non-hydrogen) atoms. The van der Waals surface area contributed by atoms with Crippen LogP contribution in [-0.4, -0.2) is 62.7 Å². The average Bonchev–Trinajstić information content (AvgIpc) is 2.46. The fourth-order valence-electron chi connectivity index (χ4n) is 1.95. The molecule has 1 fully saturated rings. The van der Waals surface area contributed by atoms with Crippen molar-refractivity contribution >= 4 is 6.21 Å². The van der Waals surface area contributed by atoms with Crippen molar-refractivity contribution in [3.05, 3.63) is 23.8 Å². The van der Waals surface area contributed by atoms with Crippen molar-refractivity contribution in [3.63, 3.8) is 0 Å². The van der Waals surface area contributed by atoms with Crippen molar-refractivity contribution in [2.24, 2.45) is 4.99 Å². The molecule has 0 unspecified atom stereocenters. The van der Waals surface area contributed by atoms with Crippen LogP contribution in [0.3, 0.4) is 0 Å². The number of phenols is 1. The molecule has 1 aromatic carbocycles. The van der Waals surface area contributed by atoms with Crippen LogP contribution in [0.2, 0.25) is 0 Å². The minimum absolute atomic E-state index is 0.189. The number of hydrogen-bond donors (Lipinski definition) is 1. The Balaban J connectivity index is 1.81. The predicted molar refractivity (Wildman–Crippen MR) is 74.4 cm³/mol. The van der Waals surface area contributed by atoms with Crippen LogP contribution in [-0.2, 0) is 4.74 Å². The minimum Gasteiger partial charge on any atom is -0.507 e. The van der Waals surface area contributed by atoms with Gasteiger partial charge in [0.15, 0.2) is 0 Å². The maximum Gasteiger partial charge on any atom is 0.128 e. The normalized spacial score (nSPS) is 16.9.